The second-order valence-corrected chi connectivity index (χ2v) is 14.4. The standard InChI is InChI=1S/C26H33N3O6Si/c1-26(2,3)36(18-11-7-5-8-12-18,19-13-9-6-10-14-19)34-17-20-23(31)22(28(4)33)24(35-20)29-16-15-21(30)27-25(29)32/h5-16,20,22-24,31,33H,17H2,1-4H3,(H,27,30,32)/t20-,22-,23-,24-/m1/s1. The molecule has 1 fully saturated rings. The Kier molecular flexibility index (Phi) is 7.46. The maximum absolute atomic E-state index is 12.4. The number of hydrogen-bond donors (Lipinski definition) is 3. The molecule has 9 nitrogen and oxygen atoms in total. The molecule has 10 heteroatoms. The summed E-state index contributed by atoms with van der Waals surface area (Å²) in [7, 11) is -1.52. The molecule has 4 rings (SSSR count). The van der Waals surface area contributed by atoms with Crippen LogP contribution >= 0.6 is 0 Å². The van der Waals surface area contributed by atoms with Crippen molar-refractivity contribution in [2.24, 2.45) is 0 Å². The minimum Gasteiger partial charge on any atom is -0.405 e. The van der Waals surface area contributed by atoms with Crippen LogP contribution in [0.5, 0.6) is 0 Å². The predicted molar refractivity (Wildman–Crippen MR) is 138 cm³/mol. The van der Waals surface area contributed by atoms with Crippen LogP contribution in [0.1, 0.15) is 27.0 Å². The fraction of sp³-hybridized carbons (Fsp3) is 0.385. The lowest BCUT2D eigenvalue weighted by Crippen LogP contribution is -2.67. The number of aliphatic hydroxyl groups excluding tert-OH is 1. The van der Waals surface area contributed by atoms with Crippen LogP contribution in [-0.2, 0) is 9.16 Å². The van der Waals surface area contributed by atoms with Crippen molar-refractivity contribution >= 4 is 18.7 Å². The van der Waals surface area contributed by atoms with Crippen LogP contribution in [0, 0.1) is 0 Å². The molecule has 0 amide bonds. The van der Waals surface area contributed by atoms with E-state index in [1.165, 1.54) is 19.3 Å². The zero-order chi connectivity index (χ0) is 26.1. The molecule has 2 heterocycles. The summed E-state index contributed by atoms with van der Waals surface area (Å²) in [6.45, 7) is 6.49. The fourth-order valence-corrected chi connectivity index (χ4v) is 9.67. The Hall–Kier alpha value is -2.86. The number of aromatic amines is 1. The summed E-state index contributed by atoms with van der Waals surface area (Å²) in [5.41, 5.74) is -1.24. The number of rotatable bonds is 7. The van der Waals surface area contributed by atoms with Gasteiger partial charge in [0.15, 0.2) is 6.23 Å². The normalized spacial score (nSPS) is 22.8. The molecule has 3 aromatic rings. The predicted octanol–water partition coefficient (Wildman–Crippen LogP) is 1.06. The number of nitrogens with one attached hydrogen (secondary N) is 1. The molecule has 3 N–H and O–H groups in total. The van der Waals surface area contributed by atoms with Crippen molar-refractivity contribution in [3.8, 4) is 0 Å². The smallest absolute Gasteiger partial charge is 0.330 e. The molecule has 1 aliphatic rings. The highest BCUT2D eigenvalue weighted by molar-refractivity contribution is 6.99. The average molecular weight is 512 g/mol. The molecule has 2 aromatic carbocycles. The molecule has 0 spiro atoms. The Morgan fingerprint density at radius 1 is 1.03 bits per heavy atom. The number of benzene rings is 2. The molecular weight excluding hydrogens is 478 g/mol. The number of hydrogen-bond acceptors (Lipinski definition) is 7. The third-order valence-corrected chi connectivity index (χ3v) is 11.8. The zero-order valence-corrected chi connectivity index (χ0v) is 21.9. The van der Waals surface area contributed by atoms with E-state index in [1.54, 1.807) is 0 Å². The van der Waals surface area contributed by atoms with Gasteiger partial charge in [0.1, 0.15) is 18.2 Å². The van der Waals surface area contributed by atoms with E-state index in [0.29, 0.717) is 0 Å². The first kappa shape index (κ1) is 26.2. The number of H-pyrrole nitrogens is 1. The molecule has 4 atom stereocenters. The molecule has 192 valence electrons. The van der Waals surface area contributed by atoms with E-state index >= 15 is 0 Å². The summed E-state index contributed by atoms with van der Waals surface area (Å²) in [5.74, 6) is 0. The van der Waals surface area contributed by atoms with Crippen molar-refractivity contribution in [1.82, 2.24) is 14.6 Å². The van der Waals surface area contributed by atoms with Crippen molar-refractivity contribution in [2.75, 3.05) is 13.7 Å². The van der Waals surface area contributed by atoms with Gasteiger partial charge in [0.05, 0.1) is 6.61 Å². The first-order valence-electron chi connectivity index (χ1n) is 11.9. The number of nitrogens with zero attached hydrogens (tertiary/aromatic N) is 2. The maximum atomic E-state index is 12.4. The zero-order valence-electron chi connectivity index (χ0n) is 20.9. The summed E-state index contributed by atoms with van der Waals surface area (Å²) in [4.78, 5) is 26.2. The highest BCUT2D eigenvalue weighted by atomic mass is 28.4. The van der Waals surface area contributed by atoms with E-state index in [1.807, 2.05) is 36.4 Å². The molecule has 0 unspecified atom stereocenters. The summed E-state index contributed by atoms with van der Waals surface area (Å²) in [6, 6.07) is 20.4. The van der Waals surface area contributed by atoms with Gasteiger partial charge in [-0.05, 0) is 15.4 Å². The van der Waals surface area contributed by atoms with Crippen LogP contribution in [0.15, 0.2) is 82.5 Å². The van der Waals surface area contributed by atoms with E-state index in [4.69, 9.17) is 9.16 Å². The van der Waals surface area contributed by atoms with Gasteiger partial charge in [-0.2, -0.15) is 5.06 Å². The first-order chi connectivity index (χ1) is 17.1. The van der Waals surface area contributed by atoms with Crippen LogP contribution in [0.2, 0.25) is 5.04 Å². The van der Waals surface area contributed by atoms with Gasteiger partial charge >= 0.3 is 5.69 Å². The van der Waals surface area contributed by atoms with Gasteiger partial charge in [0.2, 0.25) is 0 Å². The van der Waals surface area contributed by atoms with E-state index in [0.717, 1.165) is 20.0 Å². The lowest BCUT2D eigenvalue weighted by Gasteiger charge is -2.43. The Labute approximate surface area is 210 Å². The molecule has 1 aromatic heterocycles. The van der Waals surface area contributed by atoms with E-state index in [9.17, 15) is 19.9 Å². The molecular formula is C26H33N3O6Si. The van der Waals surface area contributed by atoms with Crippen molar-refractivity contribution in [3.05, 3.63) is 93.8 Å². The highest BCUT2D eigenvalue weighted by Crippen LogP contribution is 2.38. The number of aromatic nitrogens is 2. The van der Waals surface area contributed by atoms with E-state index in [2.05, 4.69) is 50.0 Å². The van der Waals surface area contributed by atoms with Crippen LogP contribution in [-0.4, -0.2) is 65.1 Å². The van der Waals surface area contributed by atoms with E-state index in [-0.39, 0.29) is 11.6 Å². The third-order valence-electron chi connectivity index (χ3n) is 6.77. The lowest BCUT2D eigenvalue weighted by atomic mass is 10.1. The van der Waals surface area contributed by atoms with Crippen molar-refractivity contribution in [2.45, 2.75) is 50.3 Å². The quantitative estimate of drug-likeness (QED) is 0.321. The molecule has 36 heavy (non-hydrogen) atoms. The topological polar surface area (TPSA) is 117 Å². The largest absolute Gasteiger partial charge is 0.405 e. The first-order valence-corrected chi connectivity index (χ1v) is 13.8. The monoisotopic (exact) mass is 511 g/mol. The van der Waals surface area contributed by atoms with Crippen LogP contribution in [0.25, 0.3) is 0 Å². The van der Waals surface area contributed by atoms with Crippen molar-refractivity contribution in [3.63, 3.8) is 0 Å². The minimum atomic E-state index is -2.90. The van der Waals surface area contributed by atoms with Crippen molar-refractivity contribution in [1.29, 1.82) is 0 Å². The Bertz CT molecular complexity index is 1230. The van der Waals surface area contributed by atoms with Gasteiger partial charge < -0.3 is 19.5 Å². The number of aliphatic hydroxyl groups is 1. The summed E-state index contributed by atoms with van der Waals surface area (Å²) in [6.07, 6.45) is -1.75. The molecule has 1 aliphatic heterocycles. The lowest BCUT2D eigenvalue weighted by molar-refractivity contribution is -0.148. The number of ether oxygens (including phenoxy) is 1. The van der Waals surface area contributed by atoms with Crippen LogP contribution in [0.3, 0.4) is 0 Å². The molecule has 0 radical (unpaired) electrons. The van der Waals surface area contributed by atoms with E-state index < -0.39 is 44.0 Å². The molecule has 1 saturated heterocycles. The number of hydroxylamine groups is 2. The second kappa shape index (κ2) is 10.2. The average Bonchev–Trinajstić information content (AvgIpc) is 3.16. The molecule has 0 aliphatic carbocycles. The second-order valence-electron chi connectivity index (χ2n) is 10.1. The Morgan fingerprint density at radius 3 is 2.06 bits per heavy atom. The fourth-order valence-electron chi connectivity index (χ4n) is 5.10. The Balaban J connectivity index is 1.72. The maximum Gasteiger partial charge on any atom is 0.330 e. The summed E-state index contributed by atoms with van der Waals surface area (Å²) >= 11 is 0. The van der Waals surface area contributed by atoms with Gasteiger partial charge in [-0.15, -0.1) is 0 Å². The third kappa shape index (κ3) is 4.75. The Morgan fingerprint density at radius 2 is 1.58 bits per heavy atom. The van der Waals surface area contributed by atoms with Gasteiger partial charge in [0.25, 0.3) is 13.9 Å². The molecule has 0 bridgehead atoms. The molecule has 0 saturated carbocycles. The SMILES string of the molecule is CN(O)[C@@H]1[C@H](O)[C@@H](CO[Si](c2ccccc2)(c2ccccc2)C(C)(C)C)O[C@H]1n1ccc(=O)[nH]c1=O. The highest BCUT2D eigenvalue weighted by Gasteiger charge is 2.53. The van der Waals surface area contributed by atoms with Gasteiger partial charge in [0, 0.05) is 19.3 Å². The summed E-state index contributed by atoms with van der Waals surface area (Å²) in [5, 5.41) is 24.2. The van der Waals surface area contributed by atoms with Gasteiger partial charge in [-0.3, -0.25) is 14.3 Å². The van der Waals surface area contributed by atoms with Crippen LogP contribution < -0.4 is 21.6 Å². The summed E-state index contributed by atoms with van der Waals surface area (Å²) < 4.78 is 14.2. The van der Waals surface area contributed by atoms with Crippen molar-refractivity contribution < 1.29 is 19.5 Å². The number of likely N-dealkylation sites (N-methyl/N-ethyl adjacent to an activating group) is 1. The van der Waals surface area contributed by atoms with Crippen LogP contribution in [0.4, 0.5) is 0 Å². The van der Waals surface area contributed by atoms with Gasteiger partial charge in [-0.25, -0.2) is 4.79 Å². The van der Waals surface area contributed by atoms with Gasteiger partial charge in [-0.1, -0.05) is 81.4 Å². The minimum absolute atomic E-state index is 0.0351.